The molecule has 5 nitrogen and oxygen atoms in total. The van der Waals surface area contributed by atoms with Crippen molar-refractivity contribution in [3.63, 3.8) is 0 Å². The Morgan fingerprint density at radius 3 is 2.24 bits per heavy atom. The summed E-state index contributed by atoms with van der Waals surface area (Å²) in [6.45, 7) is 10.9. The highest BCUT2D eigenvalue weighted by atomic mass is 14.9. The predicted octanol–water partition coefficient (Wildman–Crippen LogP) is 6.45. The van der Waals surface area contributed by atoms with Gasteiger partial charge in [-0.05, 0) is 29.8 Å². The van der Waals surface area contributed by atoms with Crippen molar-refractivity contribution in [1.82, 2.24) is 19.9 Å². The average Bonchev–Trinajstić information content (AvgIpc) is 2.84. The SMILES string of the molecule is CC(C)(C)c1ccnc(-c2cccc(C(C)(C)c3ccc4nc(N)c5ccccc5c4n3)c2)n1. The number of nitrogens with two attached hydrogens (primary N) is 1. The monoisotopic (exact) mass is 447 g/mol. The van der Waals surface area contributed by atoms with Gasteiger partial charge in [0.25, 0.3) is 0 Å². The van der Waals surface area contributed by atoms with E-state index >= 15 is 0 Å². The van der Waals surface area contributed by atoms with Gasteiger partial charge in [-0.25, -0.2) is 19.9 Å². The Balaban J connectivity index is 1.61. The fourth-order valence-corrected chi connectivity index (χ4v) is 4.30. The van der Waals surface area contributed by atoms with Crippen LogP contribution in [0.1, 0.15) is 51.6 Å². The Morgan fingerprint density at radius 1 is 0.706 bits per heavy atom. The Hall–Kier alpha value is -3.86. The largest absolute Gasteiger partial charge is 0.383 e. The number of aromatic nitrogens is 4. The molecule has 0 aliphatic carbocycles. The zero-order valence-corrected chi connectivity index (χ0v) is 20.3. The minimum absolute atomic E-state index is 0.0379. The fourth-order valence-electron chi connectivity index (χ4n) is 4.30. The van der Waals surface area contributed by atoms with Gasteiger partial charge in [0, 0.05) is 39.1 Å². The molecular weight excluding hydrogens is 418 g/mol. The van der Waals surface area contributed by atoms with E-state index in [1.807, 2.05) is 42.6 Å². The number of hydrogen-bond donors (Lipinski definition) is 1. The molecule has 0 bridgehead atoms. The van der Waals surface area contributed by atoms with Gasteiger partial charge in [-0.2, -0.15) is 0 Å². The molecule has 0 saturated carbocycles. The zero-order chi connectivity index (χ0) is 24.1. The Bertz CT molecular complexity index is 1530. The molecule has 3 heterocycles. The minimum Gasteiger partial charge on any atom is -0.383 e. The first-order valence-electron chi connectivity index (χ1n) is 11.5. The van der Waals surface area contributed by atoms with Crippen molar-refractivity contribution in [2.75, 3.05) is 5.73 Å². The summed E-state index contributed by atoms with van der Waals surface area (Å²) < 4.78 is 0. The molecule has 0 saturated heterocycles. The standard InChI is InChI=1S/C29H29N5/c1-28(2,3)23-15-16-31-27(34-23)18-9-8-10-19(17-18)29(4,5)24-14-13-22-25(33-24)20-11-6-7-12-21(20)26(30)32-22/h6-17H,1-5H3,(H2,30,32). The van der Waals surface area contributed by atoms with E-state index in [9.17, 15) is 0 Å². The van der Waals surface area contributed by atoms with Gasteiger partial charge < -0.3 is 5.73 Å². The number of rotatable bonds is 3. The van der Waals surface area contributed by atoms with E-state index in [0.29, 0.717) is 5.82 Å². The van der Waals surface area contributed by atoms with Crippen LogP contribution < -0.4 is 5.73 Å². The number of anilines is 1. The summed E-state index contributed by atoms with van der Waals surface area (Å²) in [4.78, 5) is 19.1. The molecule has 2 N–H and O–H groups in total. The van der Waals surface area contributed by atoms with Crippen molar-refractivity contribution in [3.8, 4) is 11.4 Å². The first-order valence-corrected chi connectivity index (χ1v) is 11.5. The van der Waals surface area contributed by atoms with Gasteiger partial charge in [0.1, 0.15) is 5.82 Å². The van der Waals surface area contributed by atoms with Crippen molar-refractivity contribution in [1.29, 1.82) is 0 Å². The molecule has 0 fully saturated rings. The van der Waals surface area contributed by atoms with Crippen molar-refractivity contribution >= 4 is 27.6 Å². The summed E-state index contributed by atoms with van der Waals surface area (Å²) in [6, 6.07) is 22.5. The second-order valence-corrected chi connectivity index (χ2v) is 10.3. The highest BCUT2D eigenvalue weighted by Gasteiger charge is 2.26. The normalized spacial score (nSPS) is 12.4. The summed E-state index contributed by atoms with van der Waals surface area (Å²) in [7, 11) is 0. The van der Waals surface area contributed by atoms with Crippen molar-refractivity contribution in [2.24, 2.45) is 0 Å². The Morgan fingerprint density at radius 2 is 1.47 bits per heavy atom. The van der Waals surface area contributed by atoms with Gasteiger partial charge in [0.15, 0.2) is 5.82 Å². The van der Waals surface area contributed by atoms with Crippen LogP contribution in [0.3, 0.4) is 0 Å². The van der Waals surface area contributed by atoms with Crippen LogP contribution in [0.25, 0.3) is 33.2 Å². The zero-order valence-electron chi connectivity index (χ0n) is 20.3. The third kappa shape index (κ3) is 3.77. The number of nitrogen functional groups attached to an aromatic ring is 1. The lowest BCUT2D eigenvalue weighted by Gasteiger charge is -2.26. The average molecular weight is 448 g/mol. The molecular formula is C29H29N5. The highest BCUT2D eigenvalue weighted by Crippen LogP contribution is 2.35. The second-order valence-electron chi connectivity index (χ2n) is 10.3. The van der Waals surface area contributed by atoms with Crippen LogP contribution in [-0.2, 0) is 10.8 Å². The molecule has 5 heteroatoms. The lowest BCUT2D eigenvalue weighted by atomic mass is 9.80. The van der Waals surface area contributed by atoms with Crippen LogP contribution in [0.2, 0.25) is 0 Å². The quantitative estimate of drug-likeness (QED) is 0.322. The molecule has 5 aromatic rings. The highest BCUT2D eigenvalue weighted by molar-refractivity contribution is 6.07. The molecule has 0 aliphatic rings. The summed E-state index contributed by atoms with van der Waals surface area (Å²) in [5.74, 6) is 1.27. The van der Waals surface area contributed by atoms with Crippen molar-refractivity contribution in [3.05, 3.63) is 89.9 Å². The van der Waals surface area contributed by atoms with E-state index in [1.54, 1.807) is 0 Å². The number of benzene rings is 2. The number of nitrogens with zero attached hydrogens (tertiary/aromatic N) is 4. The summed E-state index contributed by atoms with van der Waals surface area (Å²) >= 11 is 0. The number of hydrogen-bond acceptors (Lipinski definition) is 5. The van der Waals surface area contributed by atoms with Gasteiger partial charge >= 0.3 is 0 Å². The fraction of sp³-hybridized carbons (Fsp3) is 0.241. The lowest BCUT2D eigenvalue weighted by Crippen LogP contribution is -2.21. The van der Waals surface area contributed by atoms with Crippen LogP contribution in [0, 0.1) is 0 Å². The molecule has 2 aromatic carbocycles. The minimum atomic E-state index is -0.339. The Labute approximate surface area is 200 Å². The van der Waals surface area contributed by atoms with Crippen molar-refractivity contribution < 1.29 is 0 Å². The first-order chi connectivity index (χ1) is 16.1. The van der Waals surface area contributed by atoms with Crippen LogP contribution >= 0.6 is 0 Å². The number of fused-ring (bicyclic) bond motifs is 3. The van der Waals surface area contributed by atoms with E-state index in [-0.39, 0.29) is 10.8 Å². The third-order valence-corrected chi connectivity index (χ3v) is 6.48. The maximum absolute atomic E-state index is 6.20. The predicted molar refractivity (Wildman–Crippen MR) is 140 cm³/mol. The summed E-state index contributed by atoms with van der Waals surface area (Å²) in [6.07, 6.45) is 1.84. The summed E-state index contributed by atoms with van der Waals surface area (Å²) in [5, 5.41) is 1.94. The van der Waals surface area contributed by atoms with E-state index < -0.39 is 0 Å². The molecule has 0 amide bonds. The molecule has 5 rings (SSSR count). The van der Waals surface area contributed by atoms with Gasteiger partial charge in [0.2, 0.25) is 0 Å². The smallest absolute Gasteiger partial charge is 0.159 e. The van der Waals surface area contributed by atoms with Gasteiger partial charge in [-0.15, -0.1) is 0 Å². The molecule has 0 spiro atoms. The molecule has 170 valence electrons. The maximum Gasteiger partial charge on any atom is 0.159 e. The summed E-state index contributed by atoms with van der Waals surface area (Å²) in [5.41, 5.74) is 11.6. The number of pyridine rings is 2. The molecule has 0 unspecified atom stereocenters. The molecule has 0 atom stereocenters. The van der Waals surface area contributed by atoms with Crippen LogP contribution in [-0.4, -0.2) is 19.9 Å². The van der Waals surface area contributed by atoms with E-state index in [4.69, 9.17) is 15.7 Å². The molecule has 3 aromatic heterocycles. The van der Waals surface area contributed by atoms with E-state index in [2.05, 4.69) is 74.9 Å². The van der Waals surface area contributed by atoms with Gasteiger partial charge in [-0.3, -0.25) is 0 Å². The maximum atomic E-state index is 6.20. The van der Waals surface area contributed by atoms with E-state index in [0.717, 1.165) is 50.1 Å². The molecule has 34 heavy (non-hydrogen) atoms. The van der Waals surface area contributed by atoms with E-state index in [1.165, 1.54) is 0 Å². The molecule has 0 aliphatic heterocycles. The molecule has 0 radical (unpaired) electrons. The Kier molecular flexibility index (Phi) is 5.08. The lowest BCUT2D eigenvalue weighted by molar-refractivity contribution is 0.568. The first kappa shape index (κ1) is 22.0. The van der Waals surface area contributed by atoms with Crippen LogP contribution in [0.5, 0.6) is 0 Å². The van der Waals surface area contributed by atoms with Gasteiger partial charge in [0.05, 0.1) is 16.7 Å². The third-order valence-electron chi connectivity index (χ3n) is 6.48. The van der Waals surface area contributed by atoms with Crippen molar-refractivity contribution in [2.45, 2.75) is 45.4 Å². The van der Waals surface area contributed by atoms with Gasteiger partial charge in [-0.1, -0.05) is 77.1 Å². The van der Waals surface area contributed by atoms with Crippen LogP contribution in [0.15, 0.2) is 72.9 Å². The van der Waals surface area contributed by atoms with Crippen LogP contribution in [0.4, 0.5) is 5.82 Å². The topological polar surface area (TPSA) is 77.6 Å². The second kappa shape index (κ2) is 7.87.